The SMILES string of the molecule is Cn1nc(C(=O)O)cc1-c1cc2ccc(Cl)cc2n1C. The van der Waals surface area contributed by atoms with Crippen LogP contribution in [-0.2, 0) is 14.1 Å². The van der Waals surface area contributed by atoms with Crippen LogP contribution in [-0.4, -0.2) is 25.4 Å². The Hall–Kier alpha value is -2.27. The normalized spacial score (nSPS) is 11.2. The van der Waals surface area contributed by atoms with Gasteiger partial charge >= 0.3 is 5.97 Å². The maximum atomic E-state index is 11.0. The van der Waals surface area contributed by atoms with Gasteiger partial charge in [0.2, 0.25) is 0 Å². The predicted octanol–water partition coefficient (Wildman–Crippen LogP) is 2.93. The number of benzene rings is 1. The van der Waals surface area contributed by atoms with Crippen molar-refractivity contribution in [3.05, 3.63) is 41.0 Å². The molecule has 0 saturated heterocycles. The number of aryl methyl sites for hydroxylation is 2. The van der Waals surface area contributed by atoms with Crippen molar-refractivity contribution in [2.24, 2.45) is 14.1 Å². The molecule has 0 aliphatic rings. The molecule has 0 aliphatic heterocycles. The third-order valence-electron chi connectivity index (χ3n) is 3.37. The molecular weight excluding hydrogens is 278 g/mol. The molecule has 1 N–H and O–H groups in total. The lowest BCUT2D eigenvalue weighted by Gasteiger charge is -2.04. The van der Waals surface area contributed by atoms with E-state index in [0.717, 1.165) is 22.3 Å². The van der Waals surface area contributed by atoms with Gasteiger partial charge in [-0.15, -0.1) is 0 Å². The molecule has 0 bridgehead atoms. The maximum absolute atomic E-state index is 11.0. The minimum Gasteiger partial charge on any atom is -0.476 e. The molecule has 0 amide bonds. The summed E-state index contributed by atoms with van der Waals surface area (Å²) >= 11 is 6.01. The fourth-order valence-corrected chi connectivity index (χ4v) is 2.53. The third kappa shape index (κ3) is 1.87. The van der Waals surface area contributed by atoms with E-state index in [1.54, 1.807) is 17.8 Å². The van der Waals surface area contributed by atoms with Crippen molar-refractivity contribution in [1.29, 1.82) is 0 Å². The molecule has 6 heteroatoms. The topological polar surface area (TPSA) is 60.1 Å². The van der Waals surface area contributed by atoms with Crippen LogP contribution < -0.4 is 0 Å². The maximum Gasteiger partial charge on any atom is 0.356 e. The molecule has 1 aromatic carbocycles. The summed E-state index contributed by atoms with van der Waals surface area (Å²) in [4.78, 5) is 11.0. The molecule has 3 rings (SSSR count). The Kier molecular flexibility index (Phi) is 2.79. The lowest BCUT2D eigenvalue weighted by atomic mass is 10.2. The van der Waals surface area contributed by atoms with E-state index >= 15 is 0 Å². The van der Waals surface area contributed by atoms with Crippen LogP contribution in [0.3, 0.4) is 0 Å². The average Bonchev–Trinajstić information content (AvgIpc) is 2.92. The summed E-state index contributed by atoms with van der Waals surface area (Å²) in [5, 5.41) is 14.7. The van der Waals surface area contributed by atoms with Crippen molar-refractivity contribution in [2.75, 3.05) is 0 Å². The van der Waals surface area contributed by atoms with Crippen molar-refractivity contribution in [1.82, 2.24) is 14.3 Å². The molecule has 0 aliphatic carbocycles. The summed E-state index contributed by atoms with van der Waals surface area (Å²) in [5.41, 5.74) is 2.67. The molecule has 0 radical (unpaired) electrons. The number of nitrogens with zero attached hydrogens (tertiary/aromatic N) is 3. The van der Waals surface area contributed by atoms with Crippen LogP contribution in [0.25, 0.3) is 22.3 Å². The van der Waals surface area contributed by atoms with E-state index in [9.17, 15) is 4.79 Å². The first-order valence-electron chi connectivity index (χ1n) is 6.00. The zero-order valence-electron chi connectivity index (χ0n) is 11.0. The molecule has 0 saturated carbocycles. The van der Waals surface area contributed by atoms with Crippen LogP contribution in [0.15, 0.2) is 30.3 Å². The van der Waals surface area contributed by atoms with Crippen molar-refractivity contribution < 1.29 is 9.90 Å². The fraction of sp³-hybridized carbons (Fsp3) is 0.143. The average molecular weight is 290 g/mol. The van der Waals surface area contributed by atoms with Crippen LogP contribution >= 0.6 is 11.6 Å². The molecule has 0 spiro atoms. The van der Waals surface area contributed by atoms with Gasteiger partial charge in [0.1, 0.15) is 0 Å². The number of carboxylic acid groups (broad SMARTS) is 1. The van der Waals surface area contributed by atoms with E-state index in [1.807, 2.05) is 35.9 Å². The van der Waals surface area contributed by atoms with Crippen LogP contribution in [0.2, 0.25) is 5.02 Å². The molecule has 20 heavy (non-hydrogen) atoms. The van der Waals surface area contributed by atoms with Gasteiger partial charge in [-0.2, -0.15) is 5.10 Å². The number of hydrogen-bond acceptors (Lipinski definition) is 2. The number of fused-ring (bicyclic) bond motifs is 1. The second kappa shape index (κ2) is 4.38. The number of rotatable bonds is 2. The van der Waals surface area contributed by atoms with E-state index in [-0.39, 0.29) is 5.69 Å². The lowest BCUT2D eigenvalue weighted by Crippen LogP contribution is -2.00. The molecule has 5 nitrogen and oxygen atoms in total. The summed E-state index contributed by atoms with van der Waals surface area (Å²) < 4.78 is 3.54. The Labute approximate surface area is 120 Å². The first-order valence-corrected chi connectivity index (χ1v) is 6.38. The van der Waals surface area contributed by atoms with Crippen molar-refractivity contribution in [3.63, 3.8) is 0 Å². The van der Waals surface area contributed by atoms with Gasteiger partial charge in [-0.1, -0.05) is 17.7 Å². The molecular formula is C14H12ClN3O2. The molecule has 2 heterocycles. The van der Waals surface area contributed by atoms with Gasteiger partial charge in [-0.05, 0) is 18.2 Å². The zero-order chi connectivity index (χ0) is 14.4. The van der Waals surface area contributed by atoms with Crippen LogP contribution in [0.4, 0.5) is 0 Å². The highest BCUT2D eigenvalue weighted by atomic mass is 35.5. The second-order valence-corrected chi connectivity index (χ2v) is 5.07. The highest BCUT2D eigenvalue weighted by Crippen LogP contribution is 2.29. The standard InChI is InChI=1S/C14H12ClN3O2/c1-17-11-6-9(15)4-3-8(11)5-12(17)13-7-10(14(19)20)16-18(13)2/h3-7H,1-2H3,(H,19,20). The van der Waals surface area contributed by atoms with E-state index in [0.29, 0.717) is 5.02 Å². The smallest absolute Gasteiger partial charge is 0.356 e. The Balaban J connectivity index is 2.24. The quantitative estimate of drug-likeness (QED) is 0.789. The monoisotopic (exact) mass is 289 g/mol. The molecule has 0 atom stereocenters. The second-order valence-electron chi connectivity index (χ2n) is 4.64. The van der Waals surface area contributed by atoms with E-state index in [4.69, 9.17) is 16.7 Å². The van der Waals surface area contributed by atoms with Crippen molar-refractivity contribution in [2.45, 2.75) is 0 Å². The molecule has 0 fully saturated rings. The Morgan fingerprint density at radius 1 is 1.20 bits per heavy atom. The number of hydrogen-bond donors (Lipinski definition) is 1. The van der Waals surface area contributed by atoms with Crippen LogP contribution in [0.1, 0.15) is 10.5 Å². The highest BCUT2D eigenvalue weighted by Gasteiger charge is 2.16. The zero-order valence-corrected chi connectivity index (χ0v) is 11.7. The predicted molar refractivity (Wildman–Crippen MR) is 77.1 cm³/mol. The van der Waals surface area contributed by atoms with Gasteiger partial charge in [-0.25, -0.2) is 4.79 Å². The lowest BCUT2D eigenvalue weighted by molar-refractivity contribution is 0.0689. The summed E-state index contributed by atoms with van der Waals surface area (Å²) in [5.74, 6) is -1.03. The number of carboxylic acids is 1. The molecule has 0 unspecified atom stereocenters. The van der Waals surface area contributed by atoms with E-state index in [1.165, 1.54) is 0 Å². The van der Waals surface area contributed by atoms with Gasteiger partial charge in [-0.3, -0.25) is 4.68 Å². The highest BCUT2D eigenvalue weighted by molar-refractivity contribution is 6.31. The van der Waals surface area contributed by atoms with Crippen molar-refractivity contribution >= 4 is 28.5 Å². The van der Waals surface area contributed by atoms with E-state index < -0.39 is 5.97 Å². The number of halogens is 1. The summed E-state index contributed by atoms with van der Waals surface area (Å²) in [6, 6.07) is 9.22. The van der Waals surface area contributed by atoms with Gasteiger partial charge in [0.25, 0.3) is 0 Å². The first kappa shape index (κ1) is 12.7. The first-order chi connectivity index (χ1) is 9.47. The van der Waals surface area contributed by atoms with Crippen LogP contribution in [0, 0.1) is 0 Å². The minimum absolute atomic E-state index is 0.0331. The van der Waals surface area contributed by atoms with Gasteiger partial charge < -0.3 is 9.67 Å². The Morgan fingerprint density at radius 2 is 1.95 bits per heavy atom. The molecule has 2 aromatic heterocycles. The van der Waals surface area contributed by atoms with E-state index in [2.05, 4.69) is 5.10 Å². The van der Waals surface area contributed by atoms with Gasteiger partial charge in [0.15, 0.2) is 5.69 Å². The summed E-state index contributed by atoms with van der Waals surface area (Å²) in [6.07, 6.45) is 0. The third-order valence-corrected chi connectivity index (χ3v) is 3.60. The van der Waals surface area contributed by atoms with Crippen molar-refractivity contribution in [3.8, 4) is 11.4 Å². The van der Waals surface area contributed by atoms with Crippen LogP contribution in [0.5, 0.6) is 0 Å². The minimum atomic E-state index is -1.03. The number of carbonyl (C=O) groups is 1. The number of aromatic carboxylic acids is 1. The molecule has 102 valence electrons. The Bertz CT molecular complexity index is 832. The Morgan fingerprint density at radius 3 is 2.60 bits per heavy atom. The number of aromatic nitrogens is 3. The molecule has 3 aromatic rings. The van der Waals surface area contributed by atoms with Gasteiger partial charge in [0, 0.05) is 36.1 Å². The summed E-state index contributed by atoms with van der Waals surface area (Å²) in [7, 11) is 3.65. The fourth-order valence-electron chi connectivity index (χ4n) is 2.36. The largest absolute Gasteiger partial charge is 0.476 e. The summed E-state index contributed by atoms with van der Waals surface area (Å²) in [6.45, 7) is 0. The van der Waals surface area contributed by atoms with Gasteiger partial charge in [0.05, 0.1) is 11.4 Å².